The lowest BCUT2D eigenvalue weighted by atomic mass is 10.3. The van der Waals surface area contributed by atoms with Gasteiger partial charge >= 0.3 is 5.97 Å². The Morgan fingerprint density at radius 1 is 1.45 bits per heavy atom. The topological polar surface area (TPSA) is 46.8 Å². The second-order valence-electron chi connectivity index (χ2n) is 4.64. The van der Waals surface area contributed by atoms with Crippen molar-refractivity contribution in [2.75, 3.05) is 20.2 Å². The summed E-state index contributed by atoms with van der Waals surface area (Å²) in [6.45, 7) is 3.56. The Morgan fingerprint density at radius 3 is 3.00 bits per heavy atom. The van der Waals surface area contributed by atoms with E-state index in [1.807, 2.05) is 47.8 Å². The van der Waals surface area contributed by atoms with Gasteiger partial charge in [0.1, 0.15) is 5.65 Å². The summed E-state index contributed by atoms with van der Waals surface area (Å²) in [4.78, 5) is 17.8. The van der Waals surface area contributed by atoms with Crippen molar-refractivity contribution in [2.45, 2.75) is 19.9 Å². The zero-order chi connectivity index (χ0) is 14.5. The molecule has 2 aromatic heterocycles. The van der Waals surface area contributed by atoms with E-state index in [0.717, 1.165) is 11.3 Å². The highest BCUT2D eigenvalue weighted by Gasteiger charge is 2.08. The standard InChI is InChI=1S/C14H18ClN3O2/c1-3-20-14(19)6-7-17(2)9-12-10-18-8-11(15)4-5-13(18)16-12/h4-5,8,10H,3,6-7,9H2,1-2H3. The molecular formula is C14H18ClN3O2. The van der Waals surface area contributed by atoms with Gasteiger partial charge in [0.25, 0.3) is 0 Å². The van der Waals surface area contributed by atoms with Crippen LogP contribution in [0.2, 0.25) is 5.02 Å². The van der Waals surface area contributed by atoms with Gasteiger partial charge in [-0.05, 0) is 26.1 Å². The van der Waals surface area contributed by atoms with E-state index in [1.165, 1.54) is 0 Å². The van der Waals surface area contributed by atoms with Crippen LogP contribution in [0, 0.1) is 0 Å². The van der Waals surface area contributed by atoms with Crippen LogP contribution >= 0.6 is 11.6 Å². The average molecular weight is 296 g/mol. The van der Waals surface area contributed by atoms with Gasteiger partial charge in [0, 0.05) is 25.5 Å². The van der Waals surface area contributed by atoms with E-state index < -0.39 is 0 Å². The largest absolute Gasteiger partial charge is 0.466 e. The van der Waals surface area contributed by atoms with Crippen LogP contribution in [0.3, 0.4) is 0 Å². The summed E-state index contributed by atoms with van der Waals surface area (Å²) in [5.41, 5.74) is 1.81. The number of carbonyl (C=O) groups excluding carboxylic acids is 1. The quantitative estimate of drug-likeness (QED) is 0.768. The predicted octanol–water partition coefficient (Wildman–Crippen LogP) is 2.37. The molecule has 0 atom stereocenters. The fourth-order valence-corrected chi connectivity index (χ4v) is 2.13. The summed E-state index contributed by atoms with van der Waals surface area (Å²) >= 11 is 5.94. The van der Waals surface area contributed by atoms with Gasteiger partial charge in [0.15, 0.2) is 0 Å². The second-order valence-corrected chi connectivity index (χ2v) is 5.07. The number of nitrogens with zero attached hydrogens (tertiary/aromatic N) is 3. The van der Waals surface area contributed by atoms with E-state index in [2.05, 4.69) is 4.98 Å². The Bertz CT molecular complexity index is 597. The summed E-state index contributed by atoms with van der Waals surface area (Å²) in [5.74, 6) is -0.166. The van der Waals surface area contributed by atoms with Gasteiger partial charge in [-0.1, -0.05) is 11.6 Å². The number of rotatable bonds is 6. The van der Waals surface area contributed by atoms with Crippen LogP contribution in [-0.4, -0.2) is 40.5 Å². The van der Waals surface area contributed by atoms with E-state index in [9.17, 15) is 4.79 Å². The number of esters is 1. The molecular weight excluding hydrogens is 278 g/mol. The first kappa shape index (κ1) is 14.8. The first-order valence-corrected chi connectivity index (χ1v) is 6.93. The molecule has 2 rings (SSSR count). The third-order valence-electron chi connectivity index (χ3n) is 2.90. The lowest BCUT2D eigenvalue weighted by Crippen LogP contribution is -2.22. The first-order chi connectivity index (χ1) is 9.58. The maximum absolute atomic E-state index is 11.3. The molecule has 108 valence electrons. The number of aromatic nitrogens is 2. The van der Waals surface area contributed by atoms with Crippen molar-refractivity contribution in [1.29, 1.82) is 0 Å². The van der Waals surface area contributed by atoms with Crippen molar-refractivity contribution in [3.63, 3.8) is 0 Å². The Labute approximate surface area is 123 Å². The second kappa shape index (κ2) is 6.72. The summed E-state index contributed by atoms with van der Waals surface area (Å²) < 4.78 is 6.80. The number of fused-ring (bicyclic) bond motifs is 1. The van der Waals surface area contributed by atoms with Crippen molar-refractivity contribution in [3.8, 4) is 0 Å². The number of pyridine rings is 1. The summed E-state index contributed by atoms with van der Waals surface area (Å²) in [6.07, 6.45) is 4.16. The average Bonchev–Trinajstić information content (AvgIpc) is 2.78. The molecule has 20 heavy (non-hydrogen) atoms. The normalized spacial score (nSPS) is 11.2. The molecule has 2 aromatic rings. The van der Waals surface area contributed by atoms with E-state index in [-0.39, 0.29) is 5.97 Å². The van der Waals surface area contributed by atoms with Crippen molar-refractivity contribution < 1.29 is 9.53 Å². The highest BCUT2D eigenvalue weighted by atomic mass is 35.5. The summed E-state index contributed by atoms with van der Waals surface area (Å²) in [7, 11) is 1.95. The minimum Gasteiger partial charge on any atom is -0.466 e. The molecule has 0 fully saturated rings. The number of halogens is 1. The fourth-order valence-electron chi connectivity index (χ4n) is 1.96. The van der Waals surface area contributed by atoms with Crippen LogP contribution in [0.25, 0.3) is 5.65 Å². The van der Waals surface area contributed by atoms with Crippen LogP contribution in [0.1, 0.15) is 19.0 Å². The molecule has 6 heteroatoms. The van der Waals surface area contributed by atoms with Gasteiger partial charge < -0.3 is 9.14 Å². The SMILES string of the molecule is CCOC(=O)CCN(C)Cc1cn2cc(Cl)ccc2n1. The third kappa shape index (κ3) is 3.95. The van der Waals surface area contributed by atoms with Crippen LogP contribution in [0.5, 0.6) is 0 Å². The third-order valence-corrected chi connectivity index (χ3v) is 3.12. The van der Waals surface area contributed by atoms with Gasteiger partial charge in [-0.3, -0.25) is 9.69 Å². The fraction of sp³-hybridized carbons (Fsp3) is 0.429. The van der Waals surface area contributed by atoms with Crippen LogP contribution in [0.15, 0.2) is 24.5 Å². The smallest absolute Gasteiger partial charge is 0.307 e. The number of carbonyl (C=O) groups is 1. The molecule has 0 N–H and O–H groups in total. The van der Waals surface area contributed by atoms with Crippen molar-refractivity contribution >= 4 is 23.2 Å². The first-order valence-electron chi connectivity index (χ1n) is 6.56. The molecule has 0 saturated carbocycles. The summed E-state index contributed by atoms with van der Waals surface area (Å²) in [6, 6.07) is 3.70. The van der Waals surface area contributed by atoms with Crippen molar-refractivity contribution in [3.05, 3.63) is 35.2 Å². The van der Waals surface area contributed by atoms with Gasteiger partial charge in [-0.25, -0.2) is 4.98 Å². The molecule has 0 spiro atoms. The van der Waals surface area contributed by atoms with E-state index in [4.69, 9.17) is 16.3 Å². The monoisotopic (exact) mass is 295 g/mol. The zero-order valence-electron chi connectivity index (χ0n) is 11.7. The Hall–Kier alpha value is -1.59. The Morgan fingerprint density at radius 2 is 2.25 bits per heavy atom. The number of imidazole rings is 1. The summed E-state index contributed by atoms with van der Waals surface area (Å²) in [5, 5.41) is 0.678. The molecule has 0 unspecified atom stereocenters. The highest BCUT2D eigenvalue weighted by Crippen LogP contribution is 2.12. The van der Waals surface area contributed by atoms with Crippen molar-refractivity contribution in [2.24, 2.45) is 0 Å². The number of hydrogen-bond donors (Lipinski definition) is 0. The molecule has 0 bridgehead atoms. The maximum atomic E-state index is 11.3. The molecule has 0 aliphatic rings. The van der Waals surface area contributed by atoms with Crippen LogP contribution in [0.4, 0.5) is 0 Å². The molecule has 0 saturated heterocycles. The van der Waals surface area contributed by atoms with E-state index in [0.29, 0.717) is 31.1 Å². The molecule has 0 aliphatic heterocycles. The lowest BCUT2D eigenvalue weighted by Gasteiger charge is -2.14. The lowest BCUT2D eigenvalue weighted by molar-refractivity contribution is -0.143. The van der Waals surface area contributed by atoms with Gasteiger partial charge in [0.2, 0.25) is 0 Å². The Kier molecular flexibility index (Phi) is 4.98. The molecule has 5 nitrogen and oxygen atoms in total. The van der Waals surface area contributed by atoms with E-state index >= 15 is 0 Å². The number of ether oxygens (including phenoxy) is 1. The minimum absolute atomic E-state index is 0.166. The molecule has 0 aromatic carbocycles. The van der Waals surface area contributed by atoms with Crippen molar-refractivity contribution in [1.82, 2.24) is 14.3 Å². The predicted molar refractivity (Wildman–Crippen MR) is 77.8 cm³/mol. The van der Waals surface area contributed by atoms with Gasteiger partial charge in [-0.15, -0.1) is 0 Å². The Balaban J connectivity index is 1.92. The van der Waals surface area contributed by atoms with Crippen LogP contribution < -0.4 is 0 Å². The number of hydrogen-bond acceptors (Lipinski definition) is 4. The zero-order valence-corrected chi connectivity index (χ0v) is 12.4. The van der Waals surface area contributed by atoms with Gasteiger partial charge in [-0.2, -0.15) is 0 Å². The molecule has 2 heterocycles. The van der Waals surface area contributed by atoms with Gasteiger partial charge in [0.05, 0.1) is 23.7 Å². The van der Waals surface area contributed by atoms with Crippen LogP contribution in [-0.2, 0) is 16.1 Å². The molecule has 0 radical (unpaired) electrons. The van der Waals surface area contributed by atoms with E-state index in [1.54, 1.807) is 0 Å². The minimum atomic E-state index is -0.166. The maximum Gasteiger partial charge on any atom is 0.307 e. The highest BCUT2D eigenvalue weighted by molar-refractivity contribution is 6.30. The molecule has 0 amide bonds. The molecule has 0 aliphatic carbocycles.